The Hall–Kier alpha value is -3.46. The van der Waals surface area contributed by atoms with Crippen LogP contribution < -0.4 is 4.57 Å². The minimum atomic E-state index is 0.707. The second-order valence-electron chi connectivity index (χ2n) is 9.56. The molecule has 0 amide bonds. The van der Waals surface area contributed by atoms with E-state index in [-0.39, 0.29) is 0 Å². The van der Waals surface area contributed by atoms with Crippen molar-refractivity contribution >= 4 is 22.1 Å². The number of benzene rings is 2. The van der Waals surface area contributed by atoms with Crippen LogP contribution in [0.2, 0.25) is 0 Å². The van der Waals surface area contributed by atoms with Gasteiger partial charge in [0.05, 0.1) is 5.56 Å². The molecule has 1 aliphatic rings. The minimum absolute atomic E-state index is 0.707. The van der Waals surface area contributed by atoms with E-state index in [0.717, 1.165) is 39.2 Å². The van der Waals surface area contributed by atoms with E-state index in [9.17, 15) is 0 Å². The Morgan fingerprint density at radius 2 is 1.55 bits per heavy atom. The van der Waals surface area contributed by atoms with Gasteiger partial charge in [0.2, 0.25) is 11.4 Å². The fourth-order valence-corrected chi connectivity index (χ4v) is 5.47. The Kier molecular flexibility index (Phi) is 4.79. The summed E-state index contributed by atoms with van der Waals surface area (Å²) in [6.45, 7) is 4.15. The SMILES string of the molecule is Cc1ccc2c(n1)oc1c(-c3ccc(-c4ccc(C5CCCC5)cc4)c[n+]3C)c(C)ccc12. The normalized spacial score (nSPS) is 14.5. The largest absolute Gasteiger partial charge is 0.437 e. The van der Waals surface area contributed by atoms with Gasteiger partial charge in [-0.05, 0) is 67.5 Å². The smallest absolute Gasteiger partial charge is 0.227 e. The first-order valence-corrected chi connectivity index (χ1v) is 12.0. The average Bonchev–Trinajstić information content (AvgIpc) is 3.47. The molecule has 33 heavy (non-hydrogen) atoms. The van der Waals surface area contributed by atoms with E-state index in [1.54, 1.807) is 0 Å². The van der Waals surface area contributed by atoms with Gasteiger partial charge in [0.15, 0.2) is 11.8 Å². The average molecular weight is 434 g/mol. The highest BCUT2D eigenvalue weighted by Gasteiger charge is 2.22. The highest BCUT2D eigenvalue weighted by Crippen LogP contribution is 2.37. The number of furan rings is 1. The van der Waals surface area contributed by atoms with Crippen molar-refractivity contribution in [1.82, 2.24) is 4.98 Å². The van der Waals surface area contributed by atoms with Crippen LogP contribution in [0.3, 0.4) is 0 Å². The Balaban J connectivity index is 1.42. The van der Waals surface area contributed by atoms with Crippen molar-refractivity contribution in [2.24, 2.45) is 7.05 Å². The zero-order valence-electron chi connectivity index (χ0n) is 19.6. The first kappa shape index (κ1) is 20.2. The van der Waals surface area contributed by atoms with Crippen LogP contribution in [0.5, 0.6) is 0 Å². The molecule has 0 radical (unpaired) electrons. The van der Waals surface area contributed by atoms with Crippen LogP contribution in [0.4, 0.5) is 0 Å². The van der Waals surface area contributed by atoms with Crippen LogP contribution in [0.25, 0.3) is 44.5 Å². The molecule has 1 aliphatic carbocycles. The van der Waals surface area contributed by atoms with E-state index in [4.69, 9.17) is 4.42 Å². The summed E-state index contributed by atoms with van der Waals surface area (Å²) in [5, 5.41) is 2.18. The zero-order valence-corrected chi connectivity index (χ0v) is 19.6. The third-order valence-electron chi connectivity index (χ3n) is 7.31. The van der Waals surface area contributed by atoms with Crippen molar-refractivity contribution < 1.29 is 8.98 Å². The lowest BCUT2D eigenvalue weighted by molar-refractivity contribution is -0.659. The van der Waals surface area contributed by atoms with Gasteiger partial charge in [-0.25, -0.2) is 9.55 Å². The molecule has 0 saturated heterocycles. The summed E-state index contributed by atoms with van der Waals surface area (Å²) < 4.78 is 8.52. The Labute approximate surface area is 194 Å². The second kappa shape index (κ2) is 7.84. The molecule has 164 valence electrons. The number of hydrogen-bond acceptors (Lipinski definition) is 2. The summed E-state index contributed by atoms with van der Waals surface area (Å²) in [7, 11) is 2.12. The molecule has 0 atom stereocenters. The number of aromatic nitrogens is 2. The first-order valence-electron chi connectivity index (χ1n) is 12.0. The highest BCUT2D eigenvalue weighted by atomic mass is 16.3. The maximum atomic E-state index is 6.31. The lowest BCUT2D eigenvalue weighted by Gasteiger charge is -2.10. The number of aryl methyl sites for hydroxylation is 3. The standard InChI is InChI=1S/C30H29N2O/c1-19-8-15-25-26-16-9-20(2)31-30(26)33-29(25)28(19)27-17-14-24(18-32(27)3)23-12-10-22(11-13-23)21-6-4-5-7-21/h8-18,21H,4-7H2,1-3H3/q+1. The van der Waals surface area contributed by atoms with E-state index < -0.39 is 0 Å². The van der Waals surface area contributed by atoms with Gasteiger partial charge in [-0.1, -0.05) is 49.2 Å². The van der Waals surface area contributed by atoms with Crippen LogP contribution >= 0.6 is 0 Å². The molecule has 3 heterocycles. The molecule has 0 bridgehead atoms. The predicted octanol–water partition coefficient (Wildman–Crippen LogP) is 7.41. The van der Waals surface area contributed by atoms with E-state index >= 15 is 0 Å². The molecule has 1 saturated carbocycles. The molecule has 0 spiro atoms. The highest BCUT2D eigenvalue weighted by molar-refractivity contribution is 6.08. The van der Waals surface area contributed by atoms with Crippen molar-refractivity contribution in [3.05, 3.63) is 83.7 Å². The van der Waals surface area contributed by atoms with Crippen molar-refractivity contribution in [2.75, 3.05) is 0 Å². The Morgan fingerprint density at radius 3 is 2.30 bits per heavy atom. The van der Waals surface area contributed by atoms with E-state index in [1.165, 1.54) is 47.9 Å². The van der Waals surface area contributed by atoms with Gasteiger partial charge < -0.3 is 4.42 Å². The van der Waals surface area contributed by atoms with E-state index in [0.29, 0.717) is 5.71 Å². The van der Waals surface area contributed by atoms with Gasteiger partial charge >= 0.3 is 0 Å². The summed E-state index contributed by atoms with van der Waals surface area (Å²) >= 11 is 0. The maximum Gasteiger partial charge on any atom is 0.227 e. The molecule has 1 fully saturated rings. The van der Waals surface area contributed by atoms with Crippen molar-refractivity contribution in [2.45, 2.75) is 45.4 Å². The number of nitrogens with zero attached hydrogens (tertiary/aromatic N) is 2. The van der Waals surface area contributed by atoms with Crippen LogP contribution in [-0.2, 0) is 7.05 Å². The topological polar surface area (TPSA) is 29.9 Å². The number of hydrogen-bond donors (Lipinski definition) is 0. The molecule has 0 aliphatic heterocycles. The number of fused-ring (bicyclic) bond motifs is 3. The van der Waals surface area contributed by atoms with Gasteiger partial charge in [0.25, 0.3) is 0 Å². The zero-order chi connectivity index (χ0) is 22.5. The van der Waals surface area contributed by atoms with Gasteiger partial charge in [0.1, 0.15) is 7.05 Å². The summed E-state index contributed by atoms with van der Waals surface area (Å²) in [5.74, 6) is 0.753. The third kappa shape index (κ3) is 3.43. The van der Waals surface area contributed by atoms with Gasteiger partial charge in [-0.15, -0.1) is 0 Å². The molecular weight excluding hydrogens is 404 g/mol. The third-order valence-corrected chi connectivity index (χ3v) is 7.31. The minimum Gasteiger partial charge on any atom is -0.437 e. The second-order valence-corrected chi connectivity index (χ2v) is 9.56. The van der Waals surface area contributed by atoms with E-state index in [2.05, 4.69) is 84.3 Å². The summed E-state index contributed by atoms with van der Waals surface area (Å²) in [6.07, 6.45) is 7.65. The molecule has 0 N–H and O–H groups in total. The van der Waals surface area contributed by atoms with Crippen molar-refractivity contribution in [3.8, 4) is 22.4 Å². The van der Waals surface area contributed by atoms with Crippen LogP contribution in [0.1, 0.15) is 48.4 Å². The predicted molar refractivity (Wildman–Crippen MR) is 134 cm³/mol. The monoisotopic (exact) mass is 433 g/mol. The van der Waals surface area contributed by atoms with Crippen LogP contribution in [-0.4, -0.2) is 4.98 Å². The van der Waals surface area contributed by atoms with Crippen molar-refractivity contribution in [1.29, 1.82) is 0 Å². The molecule has 5 aromatic rings. The van der Waals surface area contributed by atoms with Gasteiger partial charge in [0, 0.05) is 28.1 Å². The van der Waals surface area contributed by atoms with Crippen LogP contribution in [0, 0.1) is 13.8 Å². The molecule has 0 unspecified atom stereocenters. The number of rotatable bonds is 3. The molecule has 3 heteroatoms. The first-order chi connectivity index (χ1) is 16.1. The molecule has 2 aromatic carbocycles. The Bertz CT molecular complexity index is 1490. The van der Waals surface area contributed by atoms with Crippen molar-refractivity contribution in [3.63, 3.8) is 0 Å². The lowest BCUT2D eigenvalue weighted by Crippen LogP contribution is -2.31. The quantitative estimate of drug-likeness (QED) is 0.277. The fraction of sp³-hybridized carbons (Fsp3) is 0.267. The summed E-state index contributed by atoms with van der Waals surface area (Å²) in [6, 6.07) is 22.1. The van der Waals surface area contributed by atoms with Gasteiger partial charge in [-0.3, -0.25) is 0 Å². The van der Waals surface area contributed by atoms with Crippen LogP contribution in [0.15, 0.2) is 71.3 Å². The summed E-state index contributed by atoms with van der Waals surface area (Å²) in [4.78, 5) is 4.62. The summed E-state index contributed by atoms with van der Waals surface area (Å²) in [5.41, 5.74) is 10.0. The molecular formula is C30H29N2O+. The molecule has 3 nitrogen and oxygen atoms in total. The molecule has 6 rings (SSSR count). The maximum absolute atomic E-state index is 6.31. The molecule has 3 aromatic heterocycles. The lowest BCUT2D eigenvalue weighted by atomic mass is 9.95. The van der Waals surface area contributed by atoms with Gasteiger partial charge in [-0.2, -0.15) is 0 Å². The fourth-order valence-electron chi connectivity index (χ4n) is 5.47. The number of pyridine rings is 2. The van der Waals surface area contributed by atoms with E-state index in [1.807, 2.05) is 13.0 Å². The Morgan fingerprint density at radius 1 is 0.818 bits per heavy atom.